The third-order valence-electron chi connectivity index (χ3n) is 3.55. The standard InChI is InChI=1S/C20H24N2O3/c1-14(2)22-20(24)21-12-16-8-10-18(11-9-16)19(23)25-13-17-6-4-15(3)5-7-17/h4-11,14H,12-13H2,1-3H3,(H2,21,22,24). The first kappa shape index (κ1) is 18.5. The predicted molar refractivity (Wildman–Crippen MR) is 97.2 cm³/mol. The fourth-order valence-corrected chi connectivity index (χ4v) is 2.17. The van der Waals surface area contributed by atoms with Crippen LogP contribution < -0.4 is 10.6 Å². The molecule has 0 saturated heterocycles. The fourth-order valence-electron chi connectivity index (χ4n) is 2.17. The van der Waals surface area contributed by atoms with E-state index in [9.17, 15) is 9.59 Å². The number of aryl methyl sites for hydroxylation is 1. The van der Waals surface area contributed by atoms with E-state index in [-0.39, 0.29) is 24.6 Å². The molecule has 5 nitrogen and oxygen atoms in total. The van der Waals surface area contributed by atoms with Crippen LogP contribution in [0.15, 0.2) is 48.5 Å². The van der Waals surface area contributed by atoms with Crippen molar-refractivity contribution in [3.8, 4) is 0 Å². The molecular formula is C20H24N2O3. The maximum absolute atomic E-state index is 12.1. The molecule has 0 spiro atoms. The minimum atomic E-state index is -0.363. The number of hydrogen-bond donors (Lipinski definition) is 2. The Hall–Kier alpha value is -2.82. The van der Waals surface area contributed by atoms with E-state index in [1.807, 2.05) is 45.0 Å². The van der Waals surface area contributed by atoms with Gasteiger partial charge in [-0.3, -0.25) is 0 Å². The zero-order chi connectivity index (χ0) is 18.2. The van der Waals surface area contributed by atoms with Crippen molar-refractivity contribution in [2.45, 2.75) is 40.0 Å². The molecule has 0 fully saturated rings. The number of urea groups is 1. The topological polar surface area (TPSA) is 67.4 Å². The maximum atomic E-state index is 12.1. The lowest BCUT2D eigenvalue weighted by Crippen LogP contribution is -2.39. The zero-order valence-electron chi connectivity index (χ0n) is 14.8. The molecule has 2 N–H and O–H groups in total. The largest absolute Gasteiger partial charge is 0.457 e. The predicted octanol–water partition coefficient (Wildman–Crippen LogP) is 3.56. The monoisotopic (exact) mass is 340 g/mol. The number of carbonyl (C=O) groups is 2. The molecule has 0 aromatic heterocycles. The molecule has 0 aliphatic heterocycles. The van der Waals surface area contributed by atoms with Crippen LogP contribution in [0.4, 0.5) is 4.79 Å². The first-order valence-corrected chi connectivity index (χ1v) is 8.30. The van der Waals surface area contributed by atoms with Crippen LogP contribution in [-0.4, -0.2) is 18.0 Å². The molecule has 2 amide bonds. The van der Waals surface area contributed by atoms with Gasteiger partial charge in [-0.15, -0.1) is 0 Å². The van der Waals surface area contributed by atoms with Gasteiger partial charge in [0.05, 0.1) is 5.56 Å². The summed E-state index contributed by atoms with van der Waals surface area (Å²) in [5, 5.41) is 5.52. The molecule has 2 aromatic carbocycles. The van der Waals surface area contributed by atoms with Crippen molar-refractivity contribution in [2.75, 3.05) is 0 Å². The van der Waals surface area contributed by atoms with E-state index in [2.05, 4.69) is 10.6 Å². The van der Waals surface area contributed by atoms with Crippen LogP contribution in [0.5, 0.6) is 0 Å². The van der Waals surface area contributed by atoms with Crippen molar-refractivity contribution in [3.05, 3.63) is 70.8 Å². The molecule has 0 aliphatic rings. The second kappa shape index (κ2) is 8.87. The van der Waals surface area contributed by atoms with Crippen molar-refractivity contribution < 1.29 is 14.3 Å². The molecule has 0 unspecified atom stereocenters. The second-order valence-electron chi connectivity index (χ2n) is 6.24. The third kappa shape index (κ3) is 6.30. The number of nitrogens with one attached hydrogen (secondary N) is 2. The van der Waals surface area contributed by atoms with Crippen LogP contribution in [0, 0.1) is 6.92 Å². The number of rotatable bonds is 6. The molecule has 0 saturated carbocycles. The van der Waals surface area contributed by atoms with E-state index in [0.717, 1.165) is 11.1 Å². The van der Waals surface area contributed by atoms with Crippen molar-refractivity contribution >= 4 is 12.0 Å². The van der Waals surface area contributed by atoms with E-state index in [0.29, 0.717) is 12.1 Å². The molecule has 0 heterocycles. The Morgan fingerprint density at radius 3 is 2.16 bits per heavy atom. The van der Waals surface area contributed by atoms with Gasteiger partial charge in [0.2, 0.25) is 0 Å². The van der Waals surface area contributed by atoms with E-state index in [1.54, 1.807) is 24.3 Å². The van der Waals surface area contributed by atoms with Gasteiger partial charge in [0.15, 0.2) is 0 Å². The molecule has 0 radical (unpaired) electrons. The van der Waals surface area contributed by atoms with Crippen LogP contribution in [0.25, 0.3) is 0 Å². The summed E-state index contributed by atoms with van der Waals surface area (Å²) in [5.41, 5.74) is 3.52. The van der Waals surface area contributed by atoms with Crippen LogP contribution in [-0.2, 0) is 17.9 Å². The highest BCUT2D eigenvalue weighted by Crippen LogP contribution is 2.09. The Morgan fingerprint density at radius 2 is 1.56 bits per heavy atom. The lowest BCUT2D eigenvalue weighted by Gasteiger charge is -2.10. The summed E-state index contributed by atoms with van der Waals surface area (Å²) in [5.74, 6) is -0.363. The highest BCUT2D eigenvalue weighted by atomic mass is 16.5. The van der Waals surface area contributed by atoms with Crippen molar-refractivity contribution in [3.63, 3.8) is 0 Å². The van der Waals surface area contributed by atoms with E-state index in [4.69, 9.17) is 4.74 Å². The Kier molecular flexibility index (Phi) is 6.57. The molecule has 2 aromatic rings. The molecule has 0 bridgehead atoms. The number of benzene rings is 2. The number of esters is 1. The van der Waals surface area contributed by atoms with Crippen LogP contribution in [0.1, 0.15) is 40.9 Å². The van der Waals surface area contributed by atoms with Crippen molar-refractivity contribution in [1.82, 2.24) is 10.6 Å². The smallest absolute Gasteiger partial charge is 0.338 e. The van der Waals surface area contributed by atoms with E-state index >= 15 is 0 Å². The molecule has 2 rings (SSSR count). The molecule has 25 heavy (non-hydrogen) atoms. The molecule has 132 valence electrons. The summed E-state index contributed by atoms with van der Waals surface area (Å²) in [6, 6.07) is 14.8. The third-order valence-corrected chi connectivity index (χ3v) is 3.55. The van der Waals surface area contributed by atoms with Gasteiger partial charge in [-0.05, 0) is 44.0 Å². The quantitative estimate of drug-likeness (QED) is 0.790. The first-order valence-electron chi connectivity index (χ1n) is 8.30. The Morgan fingerprint density at radius 1 is 0.960 bits per heavy atom. The first-order chi connectivity index (χ1) is 11.9. The number of ether oxygens (including phenoxy) is 1. The average Bonchev–Trinajstić information content (AvgIpc) is 2.59. The molecule has 5 heteroatoms. The highest BCUT2D eigenvalue weighted by molar-refractivity contribution is 5.89. The van der Waals surface area contributed by atoms with E-state index in [1.165, 1.54) is 5.56 Å². The van der Waals surface area contributed by atoms with Crippen molar-refractivity contribution in [1.29, 1.82) is 0 Å². The summed E-state index contributed by atoms with van der Waals surface area (Å²) >= 11 is 0. The number of carbonyl (C=O) groups excluding carboxylic acids is 2. The maximum Gasteiger partial charge on any atom is 0.338 e. The van der Waals surface area contributed by atoms with Gasteiger partial charge in [-0.2, -0.15) is 0 Å². The summed E-state index contributed by atoms with van der Waals surface area (Å²) in [7, 11) is 0. The normalized spacial score (nSPS) is 10.4. The van der Waals surface area contributed by atoms with Gasteiger partial charge >= 0.3 is 12.0 Å². The van der Waals surface area contributed by atoms with E-state index < -0.39 is 0 Å². The number of hydrogen-bond acceptors (Lipinski definition) is 3. The van der Waals surface area contributed by atoms with Gasteiger partial charge in [-0.25, -0.2) is 9.59 Å². The number of amides is 2. The SMILES string of the molecule is Cc1ccc(COC(=O)c2ccc(CNC(=O)NC(C)C)cc2)cc1. The van der Waals surface area contributed by atoms with Gasteiger partial charge in [0.25, 0.3) is 0 Å². The Balaban J connectivity index is 1.83. The van der Waals surface area contributed by atoms with Gasteiger partial charge in [0, 0.05) is 12.6 Å². The molecular weight excluding hydrogens is 316 g/mol. The fraction of sp³-hybridized carbons (Fsp3) is 0.300. The highest BCUT2D eigenvalue weighted by Gasteiger charge is 2.08. The van der Waals surface area contributed by atoms with Crippen LogP contribution in [0.2, 0.25) is 0 Å². The lowest BCUT2D eigenvalue weighted by atomic mass is 10.1. The Bertz CT molecular complexity index is 707. The molecule has 0 atom stereocenters. The zero-order valence-corrected chi connectivity index (χ0v) is 14.8. The van der Waals surface area contributed by atoms with Crippen LogP contribution in [0.3, 0.4) is 0 Å². The van der Waals surface area contributed by atoms with Crippen LogP contribution >= 0.6 is 0 Å². The summed E-state index contributed by atoms with van der Waals surface area (Å²) in [6.07, 6.45) is 0. The summed E-state index contributed by atoms with van der Waals surface area (Å²) in [6.45, 7) is 6.46. The van der Waals surface area contributed by atoms with Gasteiger partial charge in [-0.1, -0.05) is 42.0 Å². The minimum Gasteiger partial charge on any atom is -0.457 e. The average molecular weight is 340 g/mol. The summed E-state index contributed by atoms with van der Waals surface area (Å²) < 4.78 is 5.32. The van der Waals surface area contributed by atoms with Crippen molar-refractivity contribution in [2.24, 2.45) is 0 Å². The second-order valence-corrected chi connectivity index (χ2v) is 6.24. The van der Waals surface area contributed by atoms with Gasteiger partial charge in [0.1, 0.15) is 6.61 Å². The van der Waals surface area contributed by atoms with Gasteiger partial charge < -0.3 is 15.4 Å². The lowest BCUT2D eigenvalue weighted by molar-refractivity contribution is 0.0472. The minimum absolute atomic E-state index is 0.0886. The summed E-state index contributed by atoms with van der Waals surface area (Å²) in [4.78, 5) is 23.6. The Labute approximate surface area is 148 Å². The molecule has 0 aliphatic carbocycles.